The van der Waals surface area contributed by atoms with Crippen LogP contribution in [0.5, 0.6) is 40.2 Å². The Balaban J connectivity index is 1.26. The third kappa shape index (κ3) is 4.70. The predicted octanol–water partition coefficient (Wildman–Crippen LogP) is 5.28. The third-order valence-corrected chi connectivity index (χ3v) is 7.98. The van der Waals surface area contributed by atoms with Crippen molar-refractivity contribution >= 4 is 16.9 Å². The van der Waals surface area contributed by atoms with E-state index in [0.29, 0.717) is 36.5 Å². The number of fused-ring (bicyclic) bond motifs is 4. The van der Waals surface area contributed by atoms with Crippen molar-refractivity contribution in [1.29, 1.82) is 0 Å². The van der Waals surface area contributed by atoms with Gasteiger partial charge >= 0.3 is 5.97 Å². The summed E-state index contributed by atoms with van der Waals surface area (Å²) in [7, 11) is 0. The van der Waals surface area contributed by atoms with Crippen molar-refractivity contribution in [3.8, 4) is 51.6 Å². The maximum absolute atomic E-state index is 13.3. The van der Waals surface area contributed by atoms with Crippen LogP contribution in [-0.2, 0) is 17.6 Å². The highest BCUT2D eigenvalue weighted by molar-refractivity contribution is 5.94. The molecule has 0 radical (unpaired) electrons. The van der Waals surface area contributed by atoms with Gasteiger partial charge in [0.25, 0.3) is 0 Å². The highest BCUT2D eigenvalue weighted by atomic mass is 16.5. The van der Waals surface area contributed by atoms with Crippen molar-refractivity contribution in [2.75, 3.05) is 13.2 Å². The molecular formula is C34H26O10. The first kappa shape index (κ1) is 27.2. The number of carbonyl (C=O) groups is 1. The van der Waals surface area contributed by atoms with Gasteiger partial charge in [0.15, 0.2) is 17.3 Å². The SMILES string of the molecule is O=C1C[C@@H](c2cccc(OCCc3ccc4c(c3)CCO4)c2)c2c(cc(O)c3c(=O)c(O)c(-c4ccc(O)c(O)c4)oc23)O1. The number of benzene rings is 4. The summed E-state index contributed by atoms with van der Waals surface area (Å²) in [6, 6.07) is 18.2. The van der Waals surface area contributed by atoms with E-state index in [0.717, 1.165) is 29.9 Å². The van der Waals surface area contributed by atoms with Crippen LogP contribution in [0.4, 0.5) is 0 Å². The Kier molecular flexibility index (Phi) is 6.54. The molecule has 0 saturated carbocycles. The van der Waals surface area contributed by atoms with E-state index in [1.165, 1.54) is 17.7 Å². The van der Waals surface area contributed by atoms with Crippen LogP contribution in [0.2, 0.25) is 0 Å². The molecule has 10 nitrogen and oxygen atoms in total. The molecule has 222 valence electrons. The van der Waals surface area contributed by atoms with Crippen LogP contribution in [0.3, 0.4) is 0 Å². The molecule has 0 spiro atoms. The summed E-state index contributed by atoms with van der Waals surface area (Å²) in [5.41, 5.74) is 2.43. The standard InChI is InChI=1S/C34H26O10/c35-23-6-5-20(14-24(23)36)33-32(40)31(39)30-25(37)16-27-29(34(30)44-33)22(15-28(38)43-27)18-2-1-3-21(13-18)41-10-8-17-4-7-26-19(12-17)9-11-42-26/h1-7,12-14,16,22,35-37,40H,8-11,15H2/t22-/m0/s1. The second-order valence-electron chi connectivity index (χ2n) is 10.8. The number of rotatable bonds is 6. The first-order valence-electron chi connectivity index (χ1n) is 14.0. The lowest BCUT2D eigenvalue weighted by Gasteiger charge is -2.26. The van der Waals surface area contributed by atoms with Gasteiger partial charge < -0.3 is 39.1 Å². The summed E-state index contributed by atoms with van der Waals surface area (Å²) < 4.78 is 23.2. The van der Waals surface area contributed by atoms with Gasteiger partial charge in [-0.1, -0.05) is 24.3 Å². The Labute approximate surface area is 249 Å². The number of hydrogen-bond donors (Lipinski definition) is 4. The Morgan fingerprint density at radius 3 is 2.57 bits per heavy atom. The summed E-state index contributed by atoms with van der Waals surface area (Å²) in [5, 5.41) is 40.9. The molecule has 5 aromatic rings. The Bertz CT molecular complexity index is 2030. The number of hydrogen-bond acceptors (Lipinski definition) is 10. The molecule has 0 amide bonds. The Morgan fingerprint density at radius 2 is 1.73 bits per heavy atom. The second-order valence-corrected chi connectivity index (χ2v) is 10.8. The van der Waals surface area contributed by atoms with E-state index >= 15 is 0 Å². The quantitative estimate of drug-likeness (QED) is 0.116. The van der Waals surface area contributed by atoms with E-state index in [-0.39, 0.29) is 34.5 Å². The molecule has 1 aromatic heterocycles. The smallest absolute Gasteiger partial charge is 0.312 e. The van der Waals surface area contributed by atoms with E-state index in [9.17, 15) is 30.0 Å². The average Bonchev–Trinajstić information content (AvgIpc) is 3.48. The molecule has 44 heavy (non-hydrogen) atoms. The zero-order chi connectivity index (χ0) is 30.5. The lowest BCUT2D eigenvalue weighted by atomic mass is 9.85. The highest BCUT2D eigenvalue weighted by Gasteiger charge is 2.34. The summed E-state index contributed by atoms with van der Waals surface area (Å²) in [4.78, 5) is 26.0. The molecular weight excluding hydrogens is 568 g/mol. The van der Waals surface area contributed by atoms with Gasteiger partial charge in [-0.2, -0.15) is 0 Å². The normalized spacial score (nSPS) is 15.4. The van der Waals surface area contributed by atoms with Crippen molar-refractivity contribution < 1.29 is 43.8 Å². The average molecular weight is 595 g/mol. The molecule has 1 atom stereocenters. The largest absolute Gasteiger partial charge is 0.507 e. The molecule has 2 aliphatic rings. The topological polar surface area (TPSA) is 156 Å². The molecule has 7 rings (SSSR count). The minimum absolute atomic E-state index is 0.0107. The zero-order valence-electron chi connectivity index (χ0n) is 23.2. The van der Waals surface area contributed by atoms with Crippen molar-refractivity contribution in [2.45, 2.75) is 25.2 Å². The lowest BCUT2D eigenvalue weighted by molar-refractivity contribution is -0.135. The van der Waals surface area contributed by atoms with Crippen LogP contribution in [-0.4, -0.2) is 39.6 Å². The van der Waals surface area contributed by atoms with Gasteiger partial charge in [0.1, 0.15) is 34.0 Å². The minimum Gasteiger partial charge on any atom is -0.507 e. The highest BCUT2D eigenvalue weighted by Crippen LogP contribution is 2.47. The van der Waals surface area contributed by atoms with Crippen LogP contribution in [0.15, 0.2) is 75.9 Å². The van der Waals surface area contributed by atoms with Gasteiger partial charge in [0, 0.05) is 36.0 Å². The maximum atomic E-state index is 13.3. The Morgan fingerprint density at radius 1 is 0.864 bits per heavy atom. The van der Waals surface area contributed by atoms with Crippen LogP contribution in [0.1, 0.15) is 34.6 Å². The van der Waals surface area contributed by atoms with Gasteiger partial charge in [-0.05, 0) is 53.1 Å². The van der Waals surface area contributed by atoms with Gasteiger partial charge in [0.05, 0.1) is 19.6 Å². The van der Waals surface area contributed by atoms with E-state index in [1.54, 1.807) is 12.1 Å². The van der Waals surface area contributed by atoms with Crippen molar-refractivity contribution in [3.63, 3.8) is 0 Å². The molecule has 0 saturated heterocycles. The predicted molar refractivity (Wildman–Crippen MR) is 158 cm³/mol. The molecule has 2 aliphatic heterocycles. The number of aromatic hydroxyl groups is 4. The molecule has 0 bridgehead atoms. The maximum Gasteiger partial charge on any atom is 0.312 e. The van der Waals surface area contributed by atoms with Gasteiger partial charge in [-0.25, -0.2) is 0 Å². The molecule has 0 fully saturated rings. The number of carbonyl (C=O) groups excluding carboxylic acids is 1. The molecule has 4 aromatic carbocycles. The molecule has 10 heteroatoms. The fourth-order valence-corrected chi connectivity index (χ4v) is 5.83. The van der Waals surface area contributed by atoms with Crippen LogP contribution >= 0.6 is 0 Å². The fourth-order valence-electron chi connectivity index (χ4n) is 5.83. The molecule has 0 aliphatic carbocycles. The minimum atomic E-state index is -0.917. The Hall–Kier alpha value is -5.64. The summed E-state index contributed by atoms with van der Waals surface area (Å²) in [6.07, 6.45) is 1.49. The second kappa shape index (κ2) is 10.6. The van der Waals surface area contributed by atoms with E-state index in [2.05, 4.69) is 6.07 Å². The van der Waals surface area contributed by atoms with Crippen LogP contribution in [0.25, 0.3) is 22.3 Å². The molecule has 0 unspecified atom stereocenters. The van der Waals surface area contributed by atoms with Crippen LogP contribution < -0.4 is 19.6 Å². The summed E-state index contributed by atoms with van der Waals surface area (Å²) in [5.74, 6) is -2.20. The van der Waals surface area contributed by atoms with E-state index in [1.807, 2.05) is 24.3 Å². The third-order valence-electron chi connectivity index (χ3n) is 7.98. The van der Waals surface area contributed by atoms with Gasteiger partial charge in [-0.15, -0.1) is 0 Å². The van der Waals surface area contributed by atoms with E-state index in [4.69, 9.17) is 18.6 Å². The first-order valence-corrected chi connectivity index (χ1v) is 14.0. The molecule has 4 N–H and O–H groups in total. The van der Waals surface area contributed by atoms with Crippen molar-refractivity contribution in [2.24, 2.45) is 0 Å². The lowest BCUT2D eigenvalue weighted by Crippen LogP contribution is -2.22. The monoisotopic (exact) mass is 594 g/mol. The van der Waals surface area contributed by atoms with E-state index < -0.39 is 40.3 Å². The first-order chi connectivity index (χ1) is 21.3. The number of ether oxygens (including phenoxy) is 3. The van der Waals surface area contributed by atoms with Crippen molar-refractivity contribution in [1.82, 2.24) is 0 Å². The van der Waals surface area contributed by atoms with Gasteiger partial charge in [-0.3, -0.25) is 9.59 Å². The zero-order valence-corrected chi connectivity index (χ0v) is 23.2. The number of esters is 1. The summed E-state index contributed by atoms with van der Waals surface area (Å²) >= 11 is 0. The fraction of sp³-hybridized carbons (Fsp3) is 0.176. The van der Waals surface area contributed by atoms with Crippen LogP contribution in [0, 0.1) is 0 Å². The number of phenolic OH excluding ortho intramolecular Hbond substituents is 3. The van der Waals surface area contributed by atoms with Crippen molar-refractivity contribution in [3.05, 3.63) is 99.2 Å². The molecule has 3 heterocycles. The number of phenols is 3. The summed E-state index contributed by atoms with van der Waals surface area (Å²) in [6.45, 7) is 1.11. The van der Waals surface area contributed by atoms with Gasteiger partial charge in [0.2, 0.25) is 11.2 Å².